The van der Waals surface area contributed by atoms with Gasteiger partial charge in [-0.15, -0.1) is 11.3 Å². The Hall–Kier alpha value is -2.35. The van der Waals surface area contributed by atoms with Gasteiger partial charge in [-0.25, -0.2) is 0 Å². The lowest BCUT2D eigenvalue weighted by molar-refractivity contribution is -0.123. The molecule has 2 unspecified atom stereocenters. The molecule has 4 heteroatoms. The fourth-order valence-electron chi connectivity index (χ4n) is 2.81. The van der Waals surface area contributed by atoms with Crippen LogP contribution in [-0.2, 0) is 11.2 Å². The van der Waals surface area contributed by atoms with Crippen LogP contribution in [0.5, 0.6) is 0 Å². The van der Waals surface area contributed by atoms with Crippen molar-refractivity contribution in [2.45, 2.75) is 25.8 Å². The predicted octanol–water partition coefficient (Wildman–Crippen LogP) is 3.94. The number of amides is 1. The van der Waals surface area contributed by atoms with E-state index in [1.807, 2.05) is 23.5 Å². The summed E-state index contributed by atoms with van der Waals surface area (Å²) in [6, 6.07) is 15.1. The molecule has 0 saturated carbocycles. The zero-order valence-corrected chi connectivity index (χ0v) is 15.8. The summed E-state index contributed by atoms with van der Waals surface area (Å²) in [5.41, 5.74) is 7.00. The molecule has 2 atom stereocenters. The Morgan fingerprint density at radius 1 is 1.23 bits per heavy atom. The van der Waals surface area contributed by atoms with Gasteiger partial charge in [0.1, 0.15) is 0 Å². The lowest BCUT2D eigenvalue weighted by Gasteiger charge is -2.16. The van der Waals surface area contributed by atoms with Gasteiger partial charge in [0.05, 0.1) is 5.92 Å². The molecular formula is C22H24N2OS. The maximum absolute atomic E-state index is 12.1. The highest BCUT2D eigenvalue weighted by atomic mass is 32.1. The summed E-state index contributed by atoms with van der Waals surface area (Å²) in [4.78, 5) is 14.8. The largest absolute Gasteiger partial charge is 0.354 e. The van der Waals surface area contributed by atoms with Crippen LogP contribution in [0.1, 0.15) is 18.2 Å². The summed E-state index contributed by atoms with van der Waals surface area (Å²) >= 11 is 1.84. The fourth-order valence-corrected chi connectivity index (χ4v) is 3.83. The van der Waals surface area contributed by atoms with Gasteiger partial charge >= 0.3 is 0 Å². The second-order valence-corrected chi connectivity index (χ2v) is 7.65. The lowest BCUT2D eigenvalue weighted by Crippen LogP contribution is -2.41. The smallest absolute Gasteiger partial charge is 0.227 e. The quantitative estimate of drug-likeness (QED) is 0.697. The first-order valence-corrected chi connectivity index (χ1v) is 9.85. The molecule has 0 spiro atoms. The highest BCUT2D eigenvalue weighted by Gasteiger charge is 2.15. The number of benzene rings is 1. The van der Waals surface area contributed by atoms with Crippen LogP contribution >= 0.6 is 11.3 Å². The topological polar surface area (TPSA) is 41.1 Å². The van der Waals surface area contributed by atoms with Gasteiger partial charge in [-0.3, -0.25) is 4.79 Å². The molecule has 1 aliphatic carbocycles. The molecule has 1 amide bonds. The average Bonchev–Trinajstić information content (AvgIpc) is 3.16. The first-order valence-electron chi connectivity index (χ1n) is 9.03. The minimum absolute atomic E-state index is 0.0645. The number of hydrogen-bond acceptors (Lipinski definition) is 3. The van der Waals surface area contributed by atoms with Crippen molar-refractivity contribution in [3.63, 3.8) is 0 Å². The summed E-state index contributed by atoms with van der Waals surface area (Å²) < 4.78 is 0. The predicted molar refractivity (Wildman–Crippen MR) is 108 cm³/mol. The van der Waals surface area contributed by atoms with E-state index < -0.39 is 0 Å². The number of carbonyl (C=O) groups excluding carboxylic acids is 1. The Morgan fingerprint density at radius 2 is 2.08 bits per heavy atom. The van der Waals surface area contributed by atoms with Gasteiger partial charge in [0, 0.05) is 28.9 Å². The van der Waals surface area contributed by atoms with Crippen molar-refractivity contribution in [2.24, 2.45) is 5.92 Å². The highest BCUT2D eigenvalue weighted by molar-refractivity contribution is 7.15. The molecule has 0 saturated heterocycles. The van der Waals surface area contributed by atoms with Crippen LogP contribution in [0.15, 0.2) is 66.1 Å². The number of hydrogen-bond donors (Lipinski definition) is 2. The Balaban J connectivity index is 1.37. The Morgan fingerprint density at radius 3 is 2.85 bits per heavy atom. The summed E-state index contributed by atoms with van der Waals surface area (Å²) in [6.07, 6.45) is 5.35. The van der Waals surface area contributed by atoms with E-state index in [2.05, 4.69) is 65.4 Å². The van der Waals surface area contributed by atoms with E-state index >= 15 is 0 Å². The maximum atomic E-state index is 12.1. The molecule has 1 aromatic carbocycles. The molecule has 0 radical (unpaired) electrons. The number of carbonyl (C=O) groups is 1. The zero-order chi connectivity index (χ0) is 18.2. The minimum Gasteiger partial charge on any atom is -0.354 e. The molecule has 1 heterocycles. The second-order valence-electron chi connectivity index (χ2n) is 6.48. The van der Waals surface area contributed by atoms with E-state index in [4.69, 9.17) is 0 Å². The highest BCUT2D eigenvalue weighted by Crippen LogP contribution is 2.27. The van der Waals surface area contributed by atoms with Crippen molar-refractivity contribution in [1.82, 2.24) is 10.6 Å². The molecule has 0 aliphatic heterocycles. The van der Waals surface area contributed by atoms with Crippen molar-refractivity contribution in [1.29, 1.82) is 0 Å². The van der Waals surface area contributed by atoms with E-state index in [-0.39, 0.29) is 17.9 Å². The van der Waals surface area contributed by atoms with Crippen LogP contribution < -0.4 is 10.6 Å². The van der Waals surface area contributed by atoms with Crippen LogP contribution in [0.4, 0.5) is 0 Å². The molecule has 134 valence electrons. The molecule has 0 fully saturated rings. The summed E-state index contributed by atoms with van der Waals surface area (Å²) in [5, 5.41) is 6.49. The monoisotopic (exact) mass is 364 g/mol. The number of rotatable bonds is 8. The standard InChI is InChI=1S/C22H24N2OS/c1-17(16-24-22(25)19-10-6-3-7-11-19)23-15-14-20-12-13-21(26-20)18-8-4-2-5-9-18/h2,4-6,8-9,11-13,17,19,23H,10,14-16H2,1H3,(H,24,25). The van der Waals surface area contributed by atoms with E-state index in [1.54, 1.807) is 6.08 Å². The SMILES string of the molecule is CC(CNC(=O)C1C=C=C=CC1)NCCc1ccc(-c2ccccc2)s1. The molecular weight excluding hydrogens is 340 g/mol. The molecule has 1 aromatic heterocycles. The molecule has 1 aliphatic rings. The van der Waals surface area contributed by atoms with Gasteiger partial charge in [-0.1, -0.05) is 41.8 Å². The van der Waals surface area contributed by atoms with Crippen LogP contribution in [0.2, 0.25) is 0 Å². The number of thiophene rings is 1. The first-order chi connectivity index (χ1) is 12.7. The minimum atomic E-state index is -0.106. The zero-order valence-electron chi connectivity index (χ0n) is 15.0. The van der Waals surface area contributed by atoms with Gasteiger partial charge in [-0.05, 0) is 49.6 Å². The second kappa shape index (κ2) is 9.38. The first kappa shape index (κ1) is 18.4. The van der Waals surface area contributed by atoms with Crippen LogP contribution in [0.3, 0.4) is 0 Å². The van der Waals surface area contributed by atoms with Gasteiger partial charge < -0.3 is 10.6 Å². The van der Waals surface area contributed by atoms with E-state index in [0.717, 1.165) is 13.0 Å². The van der Waals surface area contributed by atoms with Crippen molar-refractivity contribution in [3.05, 3.63) is 71.0 Å². The molecule has 26 heavy (non-hydrogen) atoms. The number of allylic oxidation sites excluding steroid dienone is 1. The Labute approximate surface area is 159 Å². The lowest BCUT2D eigenvalue weighted by atomic mass is 10.0. The van der Waals surface area contributed by atoms with Crippen LogP contribution in [0, 0.1) is 5.92 Å². The summed E-state index contributed by atoms with van der Waals surface area (Å²) in [5.74, 6) is -0.0411. The average molecular weight is 365 g/mol. The van der Waals surface area contributed by atoms with E-state index in [1.165, 1.54) is 15.3 Å². The van der Waals surface area contributed by atoms with Crippen molar-refractivity contribution < 1.29 is 4.79 Å². The molecule has 3 nitrogen and oxygen atoms in total. The van der Waals surface area contributed by atoms with Gasteiger partial charge in [0.25, 0.3) is 0 Å². The van der Waals surface area contributed by atoms with Gasteiger partial charge in [-0.2, -0.15) is 0 Å². The fraction of sp³-hybridized carbons (Fsp3) is 0.318. The maximum Gasteiger partial charge on any atom is 0.227 e. The Bertz CT molecular complexity index is 827. The Kier molecular flexibility index (Phi) is 6.65. The molecule has 3 rings (SSSR count). The third kappa shape index (κ3) is 5.32. The summed E-state index contributed by atoms with van der Waals surface area (Å²) in [6.45, 7) is 3.64. The van der Waals surface area contributed by atoms with Gasteiger partial charge in [0.2, 0.25) is 5.91 Å². The third-order valence-electron chi connectivity index (χ3n) is 4.35. The van der Waals surface area contributed by atoms with Crippen LogP contribution in [0.25, 0.3) is 10.4 Å². The van der Waals surface area contributed by atoms with Crippen LogP contribution in [-0.4, -0.2) is 25.0 Å². The summed E-state index contributed by atoms with van der Waals surface area (Å²) in [7, 11) is 0. The van der Waals surface area contributed by atoms with E-state index in [0.29, 0.717) is 13.0 Å². The van der Waals surface area contributed by atoms with E-state index in [9.17, 15) is 4.79 Å². The van der Waals surface area contributed by atoms with Crippen molar-refractivity contribution in [3.8, 4) is 10.4 Å². The number of nitrogens with one attached hydrogen (secondary N) is 2. The molecule has 0 bridgehead atoms. The third-order valence-corrected chi connectivity index (χ3v) is 5.54. The normalized spacial score (nSPS) is 16.6. The van der Waals surface area contributed by atoms with Gasteiger partial charge in [0.15, 0.2) is 0 Å². The molecule has 2 N–H and O–H groups in total. The van der Waals surface area contributed by atoms with Crippen molar-refractivity contribution in [2.75, 3.05) is 13.1 Å². The molecule has 2 aromatic rings. The van der Waals surface area contributed by atoms with Crippen molar-refractivity contribution >= 4 is 17.2 Å².